The first-order valence-corrected chi connectivity index (χ1v) is 6.79. The number of benzene rings is 1. The fourth-order valence-corrected chi connectivity index (χ4v) is 1.69. The molecule has 0 saturated heterocycles. The van der Waals surface area contributed by atoms with Gasteiger partial charge in [-0.15, -0.1) is 0 Å². The molecule has 1 aromatic rings. The number of nitrogens with one attached hydrogen (secondary N) is 2. The molecule has 0 aliphatic rings. The van der Waals surface area contributed by atoms with E-state index in [0.717, 1.165) is 11.3 Å². The maximum Gasteiger partial charge on any atom is 0.407 e. The van der Waals surface area contributed by atoms with E-state index in [1.165, 1.54) is 0 Å². The number of anilines is 1. The van der Waals surface area contributed by atoms with Crippen LogP contribution in [0.15, 0.2) is 24.3 Å². The van der Waals surface area contributed by atoms with Gasteiger partial charge in [-0.25, -0.2) is 4.79 Å². The van der Waals surface area contributed by atoms with Gasteiger partial charge in [-0.05, 0) is 57.1 Å². The maximum atomic E-state index is 11.5. The Kier molecular flexibility index (Phi) is 5.76. The molecule has 1 amide bonds. The quantitative estimate of drug-likeness (QED) is 0.744. The summed E-state index contributed by atoms with van der Waals surface area (Å²) in [5.41, 5.74) is 6.85. The molecule has 0 saturated carbocycles. The first kappa shape index (κ1) is 16.2. The van der Waals surface area contributed by atoms with Crippen molar-refractivity contribution in [3.8, 4) is 0 Å². The third-order valence-electron chi connectivity index (χ3n) is 2.28. The highest BCUT2D eigenvalue weighted by atomic mass is 32.1. The van der Waals surface area contributed by atoms with Crippen molar-refractivity contribution >= 4 is 29.1 Å². The highest BCUT2D eigenvalue weighted by molar-refractivity contribution is 7.80. The summed E-state index contributed by atoms with van der Waals surface area (Å²) in [5.74, 6) is 0. The molecule has 0 heterocycles. The number of carbonyl (C=O) groups is 1. The lowest BCUT2D eigenvalue weighted by Crippen LogP contribution is -2.33. The van der Waals surface area contributed by atoms with Crippen LogP contribution in [0.3, 0.4) is 0 Å². The van der Waals surface area contributed by atoms with E-state index in [0.29, 0.717) is 13.0 Å². The van der Waals surface area contributed by atoms with Crippen molar-refractivity contribution in [2.75, 3.05) is 11.9 Å². The van der Waals surface area contributed by atoms with Crippen LogP contribution in [0.5, 0.6) is 0 Å². The monoisotopic (exact) mass is 295 g/mol. The summed E-state index contributed by atoms with van der Waals surface area (Å²) in [6.07, 6.45) is 0.293. The van der Waals surface area contributed by atoms with Gasteiger partial charge in [0.05, 0.1) is 0 Å². The summed E-state index contributed by atoms with van der Waals surface area (Å²) in [7, 11) is 0. The molecule has 4 N–H and O–H groups in total. The van der Waals surface area contributed by atoms with Crippen LogP contribution in [0.25, 0.3) is 0 Å². The molecule has 0 atom stereocenters. The number of alkyl carbamates (subject to hydrolysis) is 1. The SMILES string of the molecule is CC(C)(C)OC(=O)NCCc1cccc(NC(N)=S)c1. The van der Waals surface area contributed by atoms with Crippen LogP contribution in [-0.2, 0) is 11.2 Å². The van der Waals surface area contributed by atoms with E-state index in [2.05, 4.69) is 10.6 Å². The van der Waals surface area contributed by atoms with Gasteiger partial charge in [-0.2, -0.15) is 0 Å². The predicted molar refractivity (Wildman–Crippen MR) is 84.8 cm³/mol. The summed E-state index contributed by atoms with van der Waals surface area (Å²) >= 11 is 4.79. The lowest BCUT2D eigenvalue weighted by Gasteiger charge is -2.19. The van der Waals surface area contributed by atoms with Gasteiger partial charge in [0.1, 0.15) is 5.60 Å². The molecule has 0 fully saturated rings. The molecule has 1 aromatic carbocycles. The molecule has 1 rings (SSSR count). The first-order valence-electron chi connectivity index (χ1n) is 6.38. The van der Waals surface area contributed by atoms with Crippen molar-refractivity contribution in [3.05, 3.63) is 29.8 Å². The number of nitrogens with two attached hydrogens (primary N) is 1. The summed E-state index contributed by atoms with van der Waals surface area (Å²) in [4.78, 5) is 11.5. The second kappa shape index (κ2) is 7.09. The Morgan fingerprint density at radius 1 is 1.40 bits per heavy atom. The van der Waals surface area contributed by atoms with E-state index in [1.807, 2.05) is 45.0 Å². The Balaban J connectivity index is 2.42. The van der Waals surface area contributed by atoms with Crippen molar-refractivity contribution < 1.29 is 9.53 Å². The van der Waals surface area contributed by atoms with Crippen molar-refractivity contribution in [3.63, 3.8) is 0 Å². The molecule has 0 radical (unpaired) electrons. The number of hydrogen-bond acceptors (Lipinski definition) is 3. The molecule has 0 spiro atoms. The van der Waals surface area contributed by atoms with Gasteiger partial charge < -0.3 is 21.1 Å². The minimum atomic E-state index is -0.481. The number of thiocarbonyl (C=S) groups is 1. The largest absolute Gasteiger partial charge is 0.444 e. The topological polar surface area (TPSA) is 76.4 Å². The summed E-state index contributed by atoms with van der Waals surface area (Å²) in [5, 5.41) is 5.82. The maximum absolute atomic E-state index is 11.5. The standard InChI is InChI=1S/C14H21N3O2S/c1-14(2,3)19-13(18)16-8-7-10-5-4-6-11(9-10)17-12(15)20/h4-6,9H,7-8H2,1-3H3,(H,16,18)(H3,15,17,20). The van der Waals surface area contributed by atoms with Crippen molar-refractivity contribution in [1.29, 1.82) is 0 Å². The zero-order chi connectivity index (χ0) is 15.2. The van der Waals surface area contributed by atoms with Crippen LogP contribution in [0.4, 0.5) is 10.5 Å². The molecular weight excluding hydrogens is 274 g/mol. The van der Waals surface area contributed by atoms with Gasteiger partial charge in [0, 0.05) is 12.2 Å². The zero-order valence-electron chi connectivity index (χ0n) is 12.0. The number of amides is 1. The van der Waals surface area contributed by atoms with Gasteiger partial charge in [-0.3, -0.25) is 0 Å². The average molecular weight is 295 g/mol. The van der Waals surface area contributed by atoms with Gasteiger partial charge in [-0.1, -0.05) is 12.1 Å². The zero-order valence-corrected chi connectivity index (χ0v) is 12.8. The van der Waals surface area contributed by atoms with E-state index in [1.54, 1.807) is 0 Å². The first-order chi connectivity index (χ1) is 9.26. The average Bonchev–Trinajstić information content (AvgIpc) is 2.25. The molecule has 0 unspecified atom stereocenters. The fraction of sp³-hybridized carbons (Fsp3) is 0.429. The second-order valence-electron chi connectivity index (χ2n) is 5.37. The normalized spacial score (nSPS) is 10.8. The van der Waals surface area contributed by atoms with Crippen molar-refractivity contribution in [2.24, 2.45) is 5.73 Å². The molecule has 0 aliphatic carbocycles. The summed E-state index contributed by atoms with van der Waals surface area (Å²) in [6, 6.07) is 7.70. The molecule has 0 aromatic heterocycles. The van der Waals surface area contributed by atoms with Crippen LogP contribution in [-0.4, -0.2) is 23.4 Å². The Labute approximate surface area is 124 Å². The van der Waals surface area contributed by atoms with E-state index >= 15 is 0 Å². The van der Waals surface area contributed by atoms with Gasteiger partial charge in [0.15, 0.2) is 5.11 Å². The smallest absolute Gasteiger partial charge is 0.407 e. The lowest BCUT2D eigenvalue weighted by atomic mass is 10.1. The predicted octanol–water partition coefficient (Wildman–Crippen LogP) is 2.41. The number of rotatable bonds is 4. The van der Waals surface area contributed by atoms with Gasteiger partial charge >= 0.3 is 6.09 Å². The highest BCUT2D eigenvalue weighted by Crippen LogP contribution is 2.11. The second-order valence-corrected chi connectivity index (χ2v) is 5.81. The minimum absolute atomic E-state index is 0.231. The Bertz CT molecular complexity index is 484. The Morgan fingerprint density at radius 3 is 2.70 bits per heavy atom. The van der Waals surface area contributed by atoms with Crippen LogP contribution < -0.4 is 16.4 Å². The minimum Gasteiger partial charge on any atom is -0.444 e. The van der Waals surface area contributed by atoms with E-state index in [9.17, 15) is 4.79 Å². The fourth-order valence-electron chi connectivity index (χ4n) is 1.57. The van der Waals surface area contributed by atoms with Crippen LogP contribution in [0.1, 0.15) is 26.3 Å². The summed E-state index contributed by atoms with van der Waals surface area (Å²) in [6.45, 7) is 6.00. The van der Waals surface area contributed by atoms with Gasteiger partial charge in [0.2, 0.25) is 0 Å². The van der Waals surface area contributed by atoms with Crippen molar-refractivity contribution in [1.82, 2.24) is 5.32 Å². The lowest BCUT2D eigenvalue weighted by molar-refractivity contribution is 0.0528. The molecule has 20 heavy (non-hydrogen) atoms. The number of hydrogen-bond donors (Lipinski definition) is 3. The van der Waals surface area contributed by atoms with Crippen LogP contribution >= 0.6 is 12.2 Å². The van der Waals surface area contributed by atoms with Gasteiger partial charge in [0.25, 0.3) is 0 Å². The molecule has 0 bridgehead atoms. The molecule has 6 heteroatoms. The van der Waals surface area contributed by atoms with E-state index < -0.39 is 11.7 Å². The molecular formula is C14H21N3O2S. The van der Waals surface area contributed by atoms with E-state index in [4.69, 9.17) is 22.7 Å². The molecule has 110 valence electrons. The third kappa shape index (κ3) is 6.94. The number of ether oxygens (including phenoxy) is 1. The van der Waals surface area contributed by atoms with E-state index in [-0.39, 0.29) is 5.11 Å². The van der Waals surface area contributed by atoms with Crippen molar-refractivity contribution in [2.45, 2.75) is 32.8 Å². The Morgan fingerprint density at radius 2 is 2.10 bits per heavy atom. The van der Waals surface area contributed by atoms with Crippen LogP contribution in [0.2, 0.25) is 0 Å². The Hall–Kier alpha value is -1.82. The molecule has 5 nitrogen and oxygen atoms in total. The number of carbonyl (C=O) groups excluding carboxylic acids is 1. The highest BCUT2D eigenvalue weighted by Gasteiger charge is 2.15. The molecule has 0 aliphatic heterocycles. The van der Waals surface area contributed by atoms with Crippen LogP contribution in [0, 0.1) is 0 Å². The summed E-state index contributed by atoms with van der Waals surface area (Å²) < 4.78 is 5.16. The third-order valence-corrected chi connectivity index (χ3v) is 2.38.